The lowest BCUT2D eigenvalue weighted by Crippen LogP contribution is -1.91. The maximum Gasteiger partial charge on any atom is 0.127 e. The third kappa shape index (κ3) is 2.79. The summed E-state index contributed by atoms with van der Waals surface area (Å²) >= 11 is 0. The van der Waals surface area contributed by atoms with Crippen LogP contribution in [0.5, 0.6) is 11.5 Å². The molecule has 0 spiro atoms. The number of benzene rings is 2. The second-order valence-corrected chi connectivity index (χ2v) is 5.11. The van der Waals surface area contributed by atoms with Crippen LogP contribution in [0.25, 0.3) is 11.1 Å². The van der Waals surface area contributed by atoms with Crippen LogP contribution in [0, 0.1) is 0 Å². The largest absolute Gasteiger partial charge is 0.507 e. The highest BCUT2D eigenvalue weighted by molar-refractivity contribution is 5.77. The van der Waals surface area contributed by atoms with Crippen molar-refractivity contribution >= 4 is 0 Å². The van der Waals surface area contributed by atoms with Gasteiger partial charge in [0.2, 0.25) is 0 Å². The molecular weight excluding hydrogens is 248 g/mol. The number of hydrogen-bond donors (Lipinski definition) is 2. The fourth-order valence-electron chi connectivity index (χ4n) is 2.48. The maximum atomic E-state index is 10.2. The van der Waals surface area contributed by atoms with Crippen molar-refractivity contribution in [2.24, 2.45) is 0 Å². The van der Waals surface area contributed by atoms with E-state index in [0.29, 0.717) is 5.56 Å². The standard InChI is InChI=1S/C18H22O2/c1-4-12-7-13(5-2)9-15(8-12)18-16(19)10-14(6-3)11-17(18)20/h7-11,19-20H,4-6H2,1-3H3. The summed E-state index contributed by atoms with van der Waals surface area (Å²) in [6, 6.07) is 9.73. The molecule has 0 aliphatic heterocycles. The van der Waals surface area contributed by atoms with Gasteiger partial charge in [0, 0.05) is 0 Å². The van der Waals surface area contributed by atoms with Crippen LogP contribution in [-0.2, 0) is 19.3 Å². The number of rotatable bonds is 4. The monoisotopic (exact) mass is 270 g/mol. The van der Waals surface area contributed by atoms with E-state index in [1.807, 2.05) is 19.1 Å². The highest BCUT2D eigenvalue weighted by atomic mass is 16.3. The van der Waals surface area contributed by atoms with Crippen molar-refractivity contribution in [2.75, 3.05) is 0 Å². The van der Waals surface area contributed by atoms with Gasteiger partial charge in [0.1, 0.15) is 11.5 Å². The first-order valence-electron chi connectivity index (χ1n) is 7.27. The number of phenols is 2. The minimum atomic E-state index is 0.150. The number of hydrogen-bond acceptors (Lipinski definition) is 2. The maximum absolute atomic E-state index is 10.2. The first-order chi connectivity index (χ1) is 9.58. The van der Waals surface area contributed by atoms with Crippen molar-refractivity contribution in [3.8, 4) is 22.6 Å². The van der Waals surface area contributed by atoms with E-state index in [0.717, 1.165) is 30.4 Å². The van der Waals surface area contributed by atoms with E-state index in [1.54, 1.807) is 12.1 Å². The molecule has 0 aliphatic carbocycles. The Morgan fingerprint density at radius 2 is 1.05 bits per heavy atom. The predicted octanol–water partition coefficient (Wildman–Crippen LogP) is 4.45. The molecule has 20 heavy (non-hydrogen) atoms. The normalized spacial score (nSPS) is 10.8. The Kier molecular flexibility index (Phi) is 4.33. The zero-order valence-electron chi connectivity index (χ0n) is 12.4. The highest BCUT2D eigenvalue weighted by Crippen LogP contribution is 2.39. The molecule has 106 valence electrons. The first kappa shape index (κ1) is 14.4. The third-order valence-corrected chi connectivity index (χ3v) is 3.72. The highest BCUT2D eigenvalue weighted by Gasteiger charge is 2.13. The molecular formula is C18H22O2. The predicted molar refractivity (Wildman–Crippen MR) is 83.3 cm³/mol. The van der Waals surface area contributed by atoms with Crippen LogP contribution in [0.3, 0.4) is 0 Å². The Hall–Kier alpha value is -1.96. The topological polar surface area (TPSA) is 40.5 Å². The molecule has 0 saturated carbocycles. The molecule has 0 atom stereocenters. The fraction of sp³-hybridized carbons (Fsp3) is 0.333. The van der Waals surface area contributed by atoms with Crippen LogP contribution in [0.2, 0.25) is 0 Å². The minimum absolute atomic E-state index is 0.150. The van der Waals surface area contributed by atoms with Crippen LogP contribution in [0.15, 0.2) is 30.3 Å². The average Bonchev–Trinajstić information content (AvgIpc) is 2.45. The van der Waals surface area contributed by atoms with E-state index >= 15 is 0 Å². The zero-order valence-corrected chi connectivity index (χ0v) is 12.4. The van der Waals surface area contributed by atoms with Gasteiger partial charge < -0.3 is 10.2 Å². The van der Waals surface area contributed by atoms with Gasteiger partial charge in [-0.15, -0.1) is 0 Å². The van der Waals surface area contributed by atoms with Gasteiger partial charge in [0.25, 0.3) is 0 Å². The molecule has 2 aromatic rings. The molecule has 0 amide bonds. The fourth-order valence-corrected chi connectivity index (χ4v) is 2.48. The molecule has 0 fully saturated rings. The van der Waals surface area contributed by atoms with Crippen molar-refractivity contribution in [3.05, 3.63) is 47.0 Å². The van der Waals surface area contributed by atoms with Gasteiger partial charge in [0.05, 0.1) is 5.56 Å². The smallest absolute Gasteiger partial charge is 0.127 e. The van der Waals surface area contributed by atoms with Gasteiger partial charge in [-0.25, -0.2) is 0 Å². The molecule has 2 heteroatoms. The molecule has 0 aliphatic rings. The van der Waals surface area contributed by atoms with Crippen LogP contribution in [0.1, 0.15) is 37.5 Å². The number of phenolic OH excluding ortho intramolecular Hbond substituents is 2. The Morgan fingerprint density at radius 1 is 0.650 bits per heavy atom. The lowest BCUT2D eigenvalue weighted by atomic mass is 9.95. The summed E-state index contributed by atoms with van der Waals surface area (Å²) in [6.07, 6.45) is 2.67. The van der Waals surface area contributed by atoms with Crippen LogP contribution >= 0.6 is 0 Å². The second kappa shape index (κ2) is 6.00. The number of aryl methyl sites for hydroxylation is 3. The van der Waals surface area contributed by atoms with E-state index in [-0.39, 0.29) is 11.5 Å². The molecule has 2 nitrogen and oxygen atoms in total. The Bertz CT molecular complexity index is 570. The van der Waals surface area contributed by atoms with Gasteiger partial charge in [-0.1, -0.05) is 39.0 Å². The molecule has 0 bridgehead atoms. The Morgan fingerprint density at radius 3 is 1.45 bits per heavy atom. The van der Waals surface area contributed by atoms with Crippen LogP contribution in [0.4, 0.5) is 0 Å². The lowest BCUT2D eigenvalue weighted by Gasteiger charge is -2.12. The average molecular weight is 270 g/mol. The lowest BCUT2D eigenvalue weighted by molar-refractivity contribution is 0.453. The van der Waals surface area contributed by atoms with E-state index < -0.39 is 0 Å². The van der Waals surface area contributed by atoms with E-state index in [1.165, 1.54) is 11.1 Å². The van der Waals surface area contributed by atoms with Crippen molar-refractivity contribution in [2.45, 2.75) is 40.0 Å². The van der Waals surface area contributed by atoms with Crippen LogP contribution in [-0.4, -0.2) is 10.2 Å². The Labute approximate surface area is 120 Å². The molecule has 2 rings (SSSR count). The minimum Gasteiger partial charge on any atom is -0.507 e. The third-order valence-electron chi connectivity index (χ3n) is 3.72. The Balaban J connectivity index is 2.61. The summed E-state index contributed by atoms with van der Waals surface area (Å²) in [5.41, 5.74) is 4.80. The van der Waals surface area contributed by atoms with Gasteiger partial charge in [-0.05, 0) is 53.6 Å². The SMILES string of the molecule is CCc1cc(CC)cc(-c2c(O)cc(CC)cc2O)c1. The summed E-state index contributed by atoms with van der Waals surface area (Å²) < 4.78 is 0. The molecule has 0 aromatic heterocycles. The summed E-state index contributed by atoms with van der Waals surface area (Å²) in [5.74, 6) is 0.300. The molecule has 0 radical (unpaired) electrons. The summed E-state index contributed by atoms with van der Waals surface area (Å²) in [4.78, 5) is 0. The molecule has 0 unspecified atom stereocenters. The quantitative estimate of drug-likeness (QED) is 0.861. The van der Waals surface area contributed by atoms with Gasteiger partial charge in [-0.3, -0.25) is 0 Å². The second-order valence-electron chi connectivity index (χ2n) is 5.11. The zero-order chi connectivity index (χ0) is 14.7. The van der Waals surface area contributed by atoms with Crippen molar-refractivity contribution < 1.29 is 10.2 Å². The van der Waals surface area contributed by atoms with Gasteiger partial charge in [0.15, 0.2) is 0 Å². The number of aromatic hydroxyl groups is 2. The van der Waals surface area contributed by atoms with Crippen molar-refractivity contribution in [3.63, 3.8) is 0 Å². The molecule has 2 N–H and O–H groups in total. The van der Waals surface area contributed by atoms with E-state index in [9.17, 15) is 10.2 Å². The van der Waals surface area contributed by atoms with Crippen molar-refractivity contribution in [1.82, 2.24) is 0 Å². The van der Waals surface area contributed by atoms with Crippen LogP contribution < -0.4 is 0 Å². The first-order valence-corrected chi connectivity index (χ1v) is 7.27. The van der Waals surface area contributed by atoms with Gasteiger partial charge >= 0.3 is 0 Å². The van der Waals surface area contributed by atoms with Crippen molar-refractivity contribution in [1.29, 1.82) is 0 Å². The molecule has 2 aromatic carbocycles. The van der Waals surface area contributed by atoms with Gasteiger partial charge in [-0.2, -0.15) is 0 Å². The molecule has 0 heterocycles. The van der Waals surface area contributed by atoms with E-state index in [2.05, 4.69) is 19.9 Å². The molecule has 0 saturated heterocycles. The summed E-state index contributed by atoms with van der Waals surface area (Å²) in [7, 11) is 0. The van der Waals surface area contributed by atoms with E-state index in [4.69, 9.17) is 0 Å². The summed E-state index contributed by atoms with van der Waals surface area (Å²) in [6.45, 7) is 6.22. The summed E-state index contributed by atoms with van der Waals surface area (Å²) in [5, 5.41) is 20.4.